The number of anilines is 1. The Hall–Kier alpha value is -1.48. The average molecular weight is 418 g/mol. The molecule has 0 atom stereocenters. The Balaban J connectivity index is 0.00000338. The summed E-state index contributed by atoms with van der Waals surface area (Å²) in [5.41, 5.74) is 6.99. The van der Waals surface area contributed by atoms with E-state index < -0.39 is 14.6 Å². The minimum Gasteiger partial charge on any atom is -0.330 e. The molecule has 1 heterocycles. The van der Waals surface area contributed by atoms with Crippen LogP contribution in [0.2, 0.25) is 0 Å². The normalized spacial score (nSPS) is 11.7. The maximum absolute atomic E-state index is 12.3. The molecule has 0 saturated heterocycles. The summed E-state index contributed by atoms with van der Waals surface area (Å²) >= 11 is 1.40. The van der Waals surface area contributed by atoms with E-state index in [0.29, 0.717) is 29.9 Å². The molecule has 1 aromatic heterocycles. The molecule has 0 unspecified atom stereocenters. The lowest BCUT2D eigenvalue weighted by Crippen LogP contribution is -2.29. The van der Waals surface area contributed by atoms with Crippen LogP contribution in [0.3, 0.4) is 0 Å². The first kappa shape index (κ1) is 22.6. The molecule has 0 bridgehead atoms. The van der Waals surface area contributed by atoms with Crippen molar-refractivity contribution in [2.75, 3.05) is 11.9 Å². The molecule has 0 fully saturated rings. The highest BCUT2D eigenvalue weighted by atomic mass is 35.5. The summed E-state index contributed by atoms with van der Waals surface area (Å²) in [6, 6.07) is 6.86. The van der Waals surface area contributed by atoms with Crippen molar-refractivity contribution in [1.82, 2.24) is 4.98 Å². The summed E-state index contributed by atoms with van der Waals surface area (Å²) in [6.07, 6.45) is 0.637. The Morgan fingerprint density at radius 2 is 2.00 bits per heavy atom. The van der Waals surface area contributed by atoms with Gasteiger partial charge < -0.3 is 11.1 Å². The van der Waals surface area contributed by atoms with Crippen molar-refractivity contribution in [2.24, 2.45) is 5.73 Å². The van der Waals surface area contributed by atoms with Gasteiger partial charge in [0.1, 0.15) is 5.69 Å². The first-order chi connectivity index (χ1) is 11.6. The maximum atomic E-state index is 12.3. The molecule has 3 N–H and O–H groups in total. The van der Waals surface area contributed by atoms with Gasteiger partial charge in [-0.25, -0.2) is 13.4 Å². The molecule has 144 valence electrons. The molecule has 0 aliphatic carbocycles. The predicted octanol–water partition coefficient (Wildman–Crippen LogP) is 3.03. The van der Waals surface area contributed by atoms with Gasteiger partial charge in [-0.3, -0.25) is 4.79 Å². The number of amides is 1. The van der Waals surface area contributed by atoms with E-state index in [4.69, 9.17) is 5.73 Å². The largest absolute Gasteiger partial charge is 0.330 e. The van der Waals surface area contributed by atoms with E-state index in [9.17, 15) is 13.2 Å². The molecule has 9 heteroatoms. The monoisotopic (exact) mass is 417 g/mol. The summed E-state index contributed by atoms with van der Waals surface area (Å²) in [5, 5.41) is 5.26. The number of rotatable bonds is 6. The van der Waals surface area contributed by atoms with Gasteiger partial charge in [-0.15, -0.1) is 23.7 Å². The van der Waals surface area contributed by atoms with E-state index in [0.717, 1.165) is 5.01 Å². The molecule has 0 radical (unpaired) electrons. The molecule has 6 nitrogen and oxygen atoms in total. The Labute approximate surface area is 164 Å². The molecule has 2 rings (SSSR count). The third kappa shape index (κ3) is 5.77. The summed E-state index contributed by atoms with van der Waals surface area (Å²) in [4.78, 5) is 16.5. The number of aromatic nitrogens is 1. The Bertz CT molecular complexity index is 858. The van der Waals surface area contributed by atoms with Gasteiger partial charge >= 0.3 is 0 Å². The molecular formula is C17H24ClN3O3S2. The van der Waals surface area contributed by atoms with Gasteiger partial charge in [0.2, 0.25) is 0 Å². The van der Waals surface area contributed by atoms with Crippen molar-refractivity contribution in [1.29, 1.82) is 0 Å². The minimum atomic E-state index is -3.29. The first-order valence-electron chi connectivity index (χ1n) is 7.89. The quantitative estimate of drug-likeness (QED) is 0.751. The van der Waals surface area contributed by atoms with E-state index in [1.54, 1.807) is 50.4 Å². The number of nitrogens with zero attached hydrogens (tertiary/aromatic N) is 1. The number of sulfone groups is 1. The second kappa shape index (κ2) is 8.94. The lowest BCUT2D eigenvalue weighted by Gasteiger charge is -2.19. The number of halogens is 1. The molecule has 1 amide bonds. The molecule has 1 aromatic carbocycles. The van der Waals surface area contributed by atoms with E-state index >= 15 is 0 Å². The topological polar surface area (TPSA) is 102 Å². The molecule has 0 spiro atoms. The van der Waals surface area contributed by atoms with Crippen LogP contribution in [0.1, 0.15) is 41.8 Å². The van der Waals surface area contributed by atoms with Crippen molar-refractivity contribution >= 4 is 45.2 Å². The minimum absolute atomic E-state index is 0. The summed E-state index contributed by atoms with van der Waals surface area (Å²) in [5.74, 6) is -0.396. The Morgan fingerprint density at radius 1 is 1.31 bits per heavy atom. The lowest BCUT2D eigenvalue weighted by molar-refractivity contribution is 0.102. The van der Waals surface area contributed by atoms with Crippen LogP contribution in [0.5, 0.6) is 0 Å². The van der Waals surface area contributed by atoms with Crippen LogP contribution in [-0.4, -0.2) is 30.6 Å². The van der Waals surface area contributed by atoms with Crippen LogP contribution in [0.25, 0.3) is 0 Å². The Kier molecular flexibility index (Phi) is 7.76. The summed E-state index contributed by atoms with van der Waals surface area (Å²) in [7, 11) is -3.29. The van der Waals surface area contributed by atoms with Crippen LogP contribution in [-0.2, 0) is 22.0 Å². The molecule has 0 aliphatic heterocycles. The van der Waals surface area contributed by atoms with Crippen molar-refractivity contribution in [3.63, 3.8) is 0 Å². The average Bonchev–Trinajstić information content (AvgIpc) is 2.95. The van der Waals surface area contributed by atoms with Crippen LogP contribution >= 0.6 is 23.7 Å². The zero-order valence-corrected chi connectivity index (χ0v) is 17.4. The summed E-state index contributed by atoms with van der Waals surface area (Å²) in [6.45, 7) is 5.51. The number of nitrogens with one attached hydrogen (secondary N) is 1. The van der Waals surface area contributed by atoms with E-state index in [2.05, 4.69) is 10.3 Å². The van der Waals surface area contributed by atoms with Crippen molar-refractivity contribution in [3.05, 3.63) is 45.9 Å². The SMILES string of the molecule is CC(C)(C)S(=O)(=O)Cc1cccc(NC(=O)c2csc(CCN)n2)c1.Cl. The number of benzene rings is 1. The number of nitrogens with two attached hydrogens (primary N) is 1. The van der Waals surface area contributed by atoms with Crippen molar-refractivity contribution in [2.45, 2.75) is 37.7 Å². The van der Waals surface area contributed by atoms with Gasteiger partial charge in [0.25, 0.3) is 5.91 Å². The van der Waals surface area contributed by atoms with E-state index in [1.165, 1.54) is 11.3 Å². The second-order valence-corrected chi connectivity index (χ2v) is 10.4. The third-order valence-corrected chi connectivity index (χ3v) is 7.11. The smallest absolute Gasteiger partial charge is 0.275 e. The van der Waals surface area contributed by atoms with E-state index in [-0.39, 0.29) is 24.1 Å². The fourth-order valence-corrected chi connectivity index (χ4v) is 3.87. The Morgan fingerprint density at radius 3 is 2.62 bits per heavy atom. The second-order valence-electron chi connectivity index (χ2n) is 6.69. The van der Waals surface area contributed by atoms with Crippen molar-refractivity contribution in [3.8, 4) is 0 Å². The maximum Gasteiger partial charge on any atom is 0.275 e. The molecule has 0 aliphatic rings. The third-order valence-electron chi connectivity index (χ3n) is 3.62. The standard InChI is InChI=1S/C17H23N3O3S2.ClH/c1-17(2,3)25(22,23)11-12-5-4-6-13(9-12)19-16(21)14-10-24-15(20-14)7-8-18;/h4-6,9-10H,7-8,11,18H2,1-3H3,(H,19,21);1H. The van der Waals surface area contributed by atoms with Gasteiger partial charge in [-0.2, -0.15) is 0 Å². The van der Waals surface area contributed by atoms with Crippen LogP contribution in [0.15, 0.2) is 29.6 Å². The van der Waals surface area contributed by atoms with E-state index in [1.807, 2.05) is 0 Å². The number of hydrogen-bond donors (Lipinski definition) is 2. The van der Waals surface area contributed by atoms with Crippen molar-refractivity contribution < 1.29 is 13.2 Å². The number of carbonyl (C=O) groups is 1. The van der Waals surface area contributed by atoms with Gasteiger partial charge in [-0.1, -0.05) is 12.1 Å². The van der Waals surface area contributed by atoms with Gasteiger partial charge in [0, 0.05) is 17.5 Å². The summed E-state index contributed by atoms with van der Waals surface area (Å²) < 4.78 is 23.8. The van der Waals surface area contributed by atoms with Crippen LogP contribution < -0.4 is 11.1 Å². The van der Waals surface area contributed by atoms with Gasteiger partial charge in [-0.05, 0) is 45.0 Å². The molecular weight excluding hydrogens is 394 g/mol. The lowest BCUT2D eigenvalue weighted by atomic mass is 10.2. The highest BCUT2D eigenvalue weighted by Gasteiger charge is 2.29. The molecule has 2 aromatic rings. The number of thiazole rings is 1. The zero-order chi connectivity index (χ0) is 18.7. The predicted molar refractivity (Wildman–Crippen MR) is 109 cm³/mol. The first-order valence-corrected chi connectivity index (χ1v) is 10.4. The molecule has 26 heavy (non-hydrogen) atoms. The number of carbonyl (C=O) groups excluding carboxylic acids is 1. The highest BCUT2D eigenvalue weighted by molar-refractivity contribution is 7.91. The molecule has 0 saturated carbocycles. The fraction of sp³-hybridized carbons (Fsp3) is 0.412. The number of hydrogen-bond acceptors (Lipinski definition) is 6. The highest BCUT2D eigenvalue weighted by Crippen LogP contribution is 2.22. The van der Waals surface area contributed by atoms with Gasteiger partial charge in [0.05, 0.1) is 15.5 Å². The fourth-order valence-electron chi connectivity index (χ4n) is 2.02. The zero-order valence-electron chi connectivity index (χ0n) is 15.0. The van der Waals surface area contributed by atoms with Crippen LogP contribution in [0, 0.1) is 0 Å². The van der Waals surface area contributed by atoms with Gasteiger partial charge in [0.15, 0.2) is 9.84 Å². The van der Waals surface area contributed by atoms with Crippen LogP contribution in [0.4, 0.5) is 5.69 Å².